The third-order valence-corrected chi connectivity index (χ3v) is 5.41. The molecule has 140 valence electrons. The van der Waals surface area contributed by atoms with E-state index in [-0.39, 0.29) is 5.82 Å². The molecule has 4 heteroatoms. The van der Waals surface area contributed by atoms with Gasteiger partial charge in [-0.2, -0.15) is 0 Å². The fourth-order valence-electron chi connectivity index (χ4n) is 3.50. The Hall–Kier alpha value is -1.58. The van der Waals surface area contributed by atoms with Gasteiger partial charge in [-0.25, -0.2) is 4.39 Å². The zero-order chi connectivity index (χ0) is 18.2. The molecule has 0 aromatic heterocycles. The average Bonchev–Trinajstić information content (AvgIpc) is 2.61. The Bertz CT molecular complexity index is 698. The van der Waals surface area contributed by atoms with Gasteiger partial charge in [-0.3, -0.25) is 0 Å². The first-order valence-corrected chi connectivity index (χ1v) is 9.98. The van der Waals surface area contributed by atoms with Gasteiger partial charge in [-0.1, -0.05) is 68.0 Å². The van der Waals surface area contributed by atoms with Gasteiger partial charge in [0, 0.05) is 23.7 Å². The summed E-state index contributed by atoms with van der Waals surface area (Å²) in [6, 6.07) is 13.1. The summed E-state index contributed by atoms with van der Waals surface area (Å²) in [4.78, 5) is 0. The average molecular weight is 376 g/mol. The summed E-state index contributed by atoms with van der Waals surface area (Å²) in [5.41, 5.74) is 1.93. The van der Waals surface area contributed by atoms with E-state index in [1.807, 2.05) is 18.2 Å². The predicted octanol–water partition coefficient (Wildman–Crippen LogP) is 6.26. The smallest absolute Gasteiger partial charge is 0.124 e. The van der Waals surface area contributed by atoms with E-state index >= 15 is 0 Å². The molecule has 0 atom stereocenters. The molecule has 1 aliphatic rings. The summed E-state index contributed by atoms with van der Waals surface area (Å²) >= 11 is 6.09. The van der Waals surface area contributed by atoms with Crippen molar-refractivity contribution in [3.63, 3.8) is 0 Å². The number of benzene rings is 2. The molecule has 0 amide bonds. The van der Waals surface area contributed by atoms with Gasteiger partial charge < -0.3 is 10.1 Å². The van der Waals surface area contributed by atoms with E-state index in [0.717, 1.165) is 23.4 Å². The highest BCUT2D eigenvalue weighted by molar-refractivity contribution is 6.31. The summed E-state index contributed by atoms with van der Waals surface area (Å²) < 4.78 is 19.2. The molecule has 1 fully saturated rings. The van der Waals surface area contributed by atoms with Crippen LogP contribution in [0.1, 0.15) is 56.1 Å². The Labute approximate surface area is 160 Å². The Morgan fingerprint density at radius 2 is 1.69 bits per heavy atom. The van der Waals surface area contributed by atoms with E-state index in [1.54, 1.807) is 6.07 Å². The maximum atomic E-state index is 13.2. The summed E-state index contributed by atoms with van der Waals surface area (Å²) in [5, 5.41) is 4.11. The van der Waals surface area contributed by atoms with Crippen LogP contribution in [0.25, 0.3) is 0 Å². The third kappa shape index (κ3) is 5.72. The number of para-hydroxylation sites is 1. The van der Waals surface area contributed by atoms with Gasteiger partial charge in [0.15, 0.2) is 0 Å². The molecule has 0 aliphatic heterocycles. The molecule has 1 saturated carbocycles. The molecule has 1 N–H and O–H groups in total. The van der Waals surface area contributed by atoms with Crippen molar-refractivity contribution in [2.24, 2.45) is 0 Å². The summed E-state index contributed by atoms with van der Waals surface area (Å²) in [5.74, 6) is 0.522. The second-order valence-electron chi connectivity index (χ2n) is 7.06. The summed E-state index contributed by atoms with van der Waals surface area (Å²) in [6.45, 7) is 1.14. The molecular formula is C22H27ClFNO. The van der Waals surface area contributed by atoms with Crippen molar-refractivity contribution in [1.29, 1.82) is 0 Å². The first-order valence-electron chi connectivity index (χ1n) is 9.60. The van der Waals surface area contributed by atoms with Crippen LogP contribution in [0.5, 0.6) is 5.75 Å². The van der Waals surface area contributed by atoms with Gasteiger partial charge >= 0.3 is 0 Å². The predicted molar refractivity (Wildman–Crippen MR) is 105 cm³/mol. The molecule has 0 bridgehead atoms. The van der Waals surface area contributed by atoms with Crippen molar-refractivity contribution in [3.8, 4) is 5.75 Å². The van der Waals surface area contributed by atoms with E-state index in [2.05, 4.69) is 11.4 Å². The van der Waals surface area contributed by atoms with Gasteiger partial charge in [0.05, 0.1) is 5.02 Å². The highest BCUT2D eigenvalue weighted by Crippen LogP contribution is 2.24. The lowest BCUT2D eigenvalue weighted by Crippen LogP contribution is -2.29. The largest absolute Gasteiger partial charge is 0.489 e. The maximum absolute atomic E-state index is 13.2. The number of hydrogen-bond acceptors (Lipinski definition) is 2. The monoisotopic (exact) mass is 375 g/mol. The second kappa shape index (κ2) is 9.94. The summed E-state index contributed by atoms with van der Waals surface area (Å²) in [6.07, 6.45) is 9.25. The van der Waals surface area contributed by atoms with Gasteiger partial charge in [0.1, 0.15) is 18.2 Å². The number of hydrogen-bond donors (Lipinski definition) is 1. The van der Waals surface area contributed by atoms with Crippen LogP contribution in [0, 0.1) is 5.82 Å². The third-order valence-electron chi connectivity index (χ3n) is 5.06. The molecule has 2 aromatic rings. The summed E-state index contributed by atoms with van der Waals surface area (Å²) in [7, 11) is 0. The Morgan fingerprint density at radius 1 is 0.962 bits per heavy atom. The van der Waals surface area contributed by atoms with Crippen molar-refractivity contribution in [3.05, 3.63) is 64.4 Å². The van der Waals surface area contributed by atoms with Crippen LogP contribution < -0.4 is 10.1 Å². The molecule has 0 radical (unpaired) electrons. The van der Waals surface area contributed by atoms with Crippen molar-refractivity contribution in [1.82, 2.24) is 5.32 Å². The van der Waals surface area contributed by atoms with Gasteiger partial charge in [0.25, 0.3) is 0 Å². The minimum atomic E-state index is -0.331. The highest BCUT2D eigenvalue weighted by atomic mass is 35.5. The molecule has 0 heterocycles. The highest BCUT2D eigenvalue weighted by Gasteiger charge is 2.12. The molecule has 2 nitrogen and oxygen atoms in total. The number of ether oxygens (including phenoxy) is 1. The number of nitrogens with one attached hydrogen (secondary N) is 1. The lowest BCUT2D eigenvalue weighted by molar-refractivity contribution is 0.300. The lowest BCUT2D eigenvalue weighted by Gasteiger charge is -2.22. The molecule has 0 saturated heterocycles. The van der Waals surface area contributed by atoms with Crippen LogP contribution in [0.15, 0.2) is 42.5 Å². The number of halogens is 2. The Kier molecular flexibility index (Phi) is 7.33. The molecule has 0 unspecified atom stereocenters. The molecular weight excluding hydrogens is 349 g/mol. The Balaban J connectivity index is 1.58. The Morgan fingerprint density at radius 3 is 2.46 bits per heavy atom. The van der Waals surface area contributed by atoms with Crippen molar-refractivity contribution in [2.75, 3.05) is 0 Å². The van der Waals surface area contributed by atoms with Crippen molar-refractivity contribution >= 4 is 11.6 Å². The fourth-order valence-corrected chi connectivity index (χ4v) is 3.72. The standard InChI is InChI=1S/C22H27ClFNO/c23-21-14-19(24)13-12-18(21)16-26-22-11-7-6-8-17(22)15-25-20-9-4-2-1-3-5-10-20/h6-8,11-14,20,25H,1-5,9-10,15-16H2. The molecule has 1 aliphatic carbocycles. The van der Waals surface area contributed by atoms with Gasteiger partial charge in [-0.15, -0.1) is 0 Å². The van der Waals surface area contributed by atoms with E-state index in [1.165, 1.54) is 57.1 Å². The second-order valence-corrected chi connectivity index (χ2v) is 7.46. The van der Waals surface area contributed by atoms with Crippen LogP contribution in [0.4, 0.5) is 4.39 Å². The van der Waals surface area contributed by atoms with Gasteiger partial charge in [0.2, 0.25) is 0 Å². The van der Waals surface area contributed by atoms with E-state index in [4.69, 9.17) is 16.3 Å². The molecule has 3 rings (SSSR count). The lowest BCUT2D eigenvalue weighted by atomic mass is 9.96. The van der Waals surface area contributed by atoms with Crippen LogP contribution in [0.3, 0.4) is 0 Å². The SMILES string of the molecule is Fc1ccc(COc2ccccc2CNC2CCCCCCC2)c(Cl)c1. The fraction of sp³-hybridized carbons (Fsp3) is 0.455. The van der Waals surface area contributed by atoms with Crippen LogP contribution >= 0.6 is 11.6 Å². The van der Waals surface area contributed by atoms with Crippen LogP contribution in [-0.4, -0.2) is 6.04 Å². The van der Waals surface area contributed by atoms with E-state index in [9.17, 15) is 4.39 Å². The van der Waals surface area contributed by atoms with E-state index in [0.29, 0.717) is 17.7 Å². The quantitative estimate of drug-likeness (QED) is 0.643. The van der Waals surface area contributed by atoms with Gasteiger partial charge in [-0.05, 0) is 31.0 Å². The molecule has 0 spiro atoms. The number of rotatable bonds is 6. The minimum absolute atomic E-state index is 0.331. The topological polar surface area (TPSA) is 21.3 Å². The normalized spacial score (nSPS) is 16.1. The zero-order valence-corrected chi connectivity index (χ0v) is 15.9. The minimum Gasteiger partial charge on any atom is -0.489 e. The van der Waals surface area contributed by atoms with Crippen LogP contribution in [-0.2, 0) is 13.2 Å². The first kappa shape index (κ1) is 19.2. The molecule has 26 heavy (non-hydrogen) atoms. The van der Waals surface area contributed by atoms with Crippen molar-refractivity contribution in [2.45, 2.75) is 64.1 Å². The van der Waals surface area contributed by atoms with E-state index < -0.39 is 0 Å². The zero-order valence-electron chi connectivity index (χ0n) is 15.1. The molecule has 2 aromatic carbocycles. The first-order chi connectivity index (χ1) is 12.7. The van der Waals surface area contributed by atoms with Crippen LogP contribution in [0.2, 0.25) is 5.02 Å². The maximum Gasteiger partial charge on any atom is 0.124 e. The van der Waals surface area contributed by atoms with Crippen molar-refractivity contribution < 1.29 is 9.13 Å².